The Kier molecular flexibility index (Phi) is 11.3. The van der Waals surface area contributed by atoms with Gasteiger partial charge in [0.1, 0.15) is 0 Å². The van der Waals surface area contributed by atoms with Crippen LogP contribution in [0.4, 0.5) is 0 Å². The van der Waals surface area contributed by atoms with Crippen molar-refractivity contribution in [2.75, 3.05) is 45.9 Å². The van der Waals surface area contributed by atoms with Gasteiger partial charge in [-0.2, -0.15) is 0 Å². The van der Waals surface area contributed by atoms with Crippen LogP contribution in [0.3, 0.4) is 0 Å². The fraction of sp³-hybridized carbons (Fsp3) is 0.682. The van der Waals surface area contributed by atoms with Gasteiger partial charge < -0.3 is 15.4 Å². The third-order valence-electron chi connectivity index (χ3n) is 5.12. The van der Waals surface area contributed by atoms with Gasteiger partial charge in [0, 0.05) is 44.4 Å². The van der Waals surface area contributed by atoms with Crippen molar-refractivity contribution in [3.05, 3.63) is 34.9 Å². The van der Waals surface area contributed by atoms with Gasteiger partial charge in [-0.25, -0.2) is 0 Å². The molecule has 0 radical (unpaired) electrons. The number of rotatable bonds is 11. The summed E-state index contributed by atoms with van der Waals surface area (Å²) < 4.78 is 5.38. The average Bonchev–Trinajstić information content (AvgIpc) is 2.71. The number of nitrogens with zero attached hydrogens (tertiary/aromatic N) is 2. The molecular formula is C22H37ClN4O. The molecule has 1 saturated heterocycles. The second-order valence-electron chi connectivity index (χ2n) is 7.36. The predicted octanol–water partition coefficient (Wildman–Crippen LogP) is 3.92. The van der Waals surface area contributed by atoms with Crippen LogP contribution in [0.1, 0.15) is 45.1 Å². The lowest BCUT2D eigenvalue weighted by molar-refractivity contribution is 0.143. The first kappa shape index (κ1) is 23.0. The number of halogens is 1. The monoisotopic (exact) mass is 408 g/mol. The van der Waals surface area contributed by atoms with E-state index in [-0.39, 0.29) is 0 Å². The highest BCUT2D eigenvalue weighted by Gasteiger charge is 2.19. The molecule has 28 heavy (non-hydrogen) atoms. The van der Waals surface area contributed by atoms with E-state index in [1.807, 2.05) is 19.1 Å². The molecule has 0 aromatic heterocycles. The van der Waals surface area contributed by atoms with Crippen LogP contribution in [-0.2, 0) is 11.3 Å². The van der Waals surface area contributed by atoms with Gasteiger partial charge in [0.25, 0.3) is 0 Å². The van der Waals surface area contributed by atoms with Crippen molar-refractivity contribution in [2.45, 2.75) is 46.1 Å². The maximum absolute atomic E-state index is 6.30. The lowest BCUT2D eigenvalue weighted by Gasteiger charge is -2.31. The summed E-state index contributed by atoms with van der Waals surface area (Å²) in [4.78, 5) is 7.32. The third-order valence-corrected chi connectivity index (χ3v) is 5.49. The van der Waals surface area contributed by atoms with Crippen LogP contribution in [0.5, 0.6) is 0 Å². The van der Waals surface area contributed by atoms with Gasteiger partial charge in [0.05, 0.1) is 0 Å². The van der Waals surface area contributed by atoms with Gasteiger partial charge in [-0.3, -0.25) is 9.89 Å². The van der Waals surface area contributed by atoms with Gasteiger partial charge in [-0.15, -0.1) is 0 Å². The summed E-state index contributed by atoms with van der Waals surface area (Å²) in [6, 6.07) is 8.16. The van der Waals surface area contributed by atoms with E-state index in [1.165, 1.54) is 18.4 Å². The molecule has 0 spiro atoms. The molecular weight excluding hydrogens is 372 g/mol. The zero-order valence-electron chi connectivity index (χ0n) is 17.6. The molecule has 1 heterocycles. The number of hydrogen-bond acceptors (Lipinski definition) is 3. The van der Waals surface area contributed by atoms with Crippen LogP contribution in [0.25, 0.3) is 0 Å². The van der Waals surface area contributed by atoms with Gasteiger partial charge in [-0.1, -0.05) is 29.8 Å². The summed E-state index contributed by atoms with van der Waals surface area (Å²) >= 11 is 6.30. The lowest BCUT2D eigenvalue weighted by atomic mass is 9.96. The van der Waals surface area contributed by atoms with Gasteiger partial charge in [0.2, 0.25) is 0 Å². The Bertz CT molecular complexity index is 573. The topological polar surface area (TPSA) is 48.9 Å². The molecule has 1 fully saturated rings. The number of piperidine rings is 1. The summed E-state index contributed by atoms with van der Waals surface area (Å²) in [5, 5.41) is 7.67. The summed E-state index contributed by atoms with van der Waals surface area (Å²) in [7, 11) is 0. The molecule has 0 atom stereocenters. The van der Waals surface area contributed by atoms with Crippen LogP contribution in [-0.4, -0.2) is 56.8 Å². The van der Waals surface area contributed by atoms with Crippen LogP contribution in [0.2, 0.25) is 5.02 Å². The first-order valence-electron chi connectivity index (χ1n) is 10.8. The molecule has 0 aliphatic carbocycles. The summed E-state index contributed by atoms with van der Waals surface area (Å²) in [5.41, 5.74) is 1.23. The van der Waals surface area contributed by atoms with Crippen molar-refractivity contribution in [3.63, 3.8) is 0 Å². The number of ether oxygens (including phenoxy) is 1. The van der Waals surface area contributed by atoms with E-state index in [4.69, 9.17) is 21.3 Å². The lowest BCUT2D eigenvalue weighted by Crippen LogP contribution is -2.39. The van der Waals surface area contributed by atoms with E-state index in [1.54, 1.807) is 0 Å². The Labute approximate surface area is 175 Å². The van der Waals surface area contributed by atoms with Crippen molar-refractivity contribution >= 4 is 17.6 Å². The molecule has 0 unspecified atom stereocenters. The molecule has 1 aliphatic heterocycles. The molecule has 1 aromatic carbocycles. The van der Waals surface area contributed by atoms with Crippen molar-refractivity contribution in [2.24, 2.45) is 10.9 Å². The van der Waals surface area contributed by atoms with E-state index in [2.05, 4.69) is 34.6 Å². The fourth-order valence-electron chi connectivity index (χ4n) is 3.44. The minimum absolute atomic E-state index is 0.663. The van der Waals surface area contributed by atoms with E-state index >= 15 is 0 Å². The van der Waals surface area contributed by atoms with Crippen LogP contribution in [0.15, 0.2) is 29.3 Å². The van der Waals surface area contributed by atoms with Crippen molar-refractivity contribution in [1.82, 2.24) is 15.5 Å². The minimum atomic E-state index is 0.663. The number of guanidine groups is 1. The standard InChI is InChI=1S/C22H37ClN4O/c1-3-24-22(25-13-7-8-16-28-4-2)26-17-19-11-14-27(15-12-19)18-20-9-5-6-10-21(20)23/h5-6,9-10,19H,3-4,7-8,11-18H2,1-2H3,(H2,24,25,26). The van der Waals surface area contributed by atoms with Gasteiger partial charge in [-0.05, 0) is 70.2 Å². The minimum Gasteiger partial charge on any atom is -0.382 e. The average molecular weight is 409 g/mol. The highest BCUT2D eigenvalue weighted by Crippen LogP contribution is 2.22. The van der Waals surface area contributed by atoms with E-state index in [9.17, 15) is 0 Å². The molecule has 1 aromatic rings. The first-order chi connectivity index (χ1) is 13.7. The van der Waals surface area contributed by atoms with E-state index < -0.39 is 0 Å². The maximum atomic E-state index is 6.30. The maximum Gasteiger partial charge on any atom is 0.191 e. The predicted molar refractivity (Wildman–Crippen MR) is 119 cm³/mol. The number of benzene rings is 1. The Morgan fingerprint density at radius 3 is 2.68 bits per heavy atom. The van der Waals surface area contributed by atoms with E-state index in [0.717, 1.165) is 76.3 Å². The molecule has 0 saturated carbocycles. The first-order valence-corrected chi connectivity index (χ1v) is 11.2. The number of likely N-dealkylation sites (tertiary alicyclic amines) is 1. The molecule has 0 bridgehead atoms. The quantitative estimate of drug-likeness (QED) is 0.331. The molecule has 2 rings (SSSR count). The second-order valence-corrected chi connectivity index (χ2v) is 7.77. The number of unbranched alkanes of at least 4 members (excludes halogenated alkanes) is 1. The normalized spacial score (nSPS) is 16.3. The Balaban J connectivity index is 1.68. The van der Waals surface area contributed by atoms with Crippen LogP contribution >= 0.6 is 11.6 Å². The van der Waals surface area contributed by atoms with E-state index in [0.29, 0.717) is 5.92 Å². The van der Waals surface area contributed by atoms with Gasteiger partial charge >= 0.3 is 0 Å². The zero-order chi connectivity index (χ0) is 20.0. The van der Waals surface area contributed by atoms with Crippen LogP contribution < -0.4 is 10.6 Å². The molecule has 158 valence electrons. The molecule has 5 nitrogen and oxygen atoms in total. The Hall–Kier alpha value is -1.30. The summed E-state index contributed by atoms with van der Waals surface area (Å²) in [6.45, 7) is 11.7. The van der Waals surface area contributed by atoms with Crippen molar-refractivity contribution < 1.29 is 4.74 Å². The molecule has 2 N–H and O–H groups in total. The fourth-order valence-corrected chi connectivity index (χ4v) is 3.63. The highest BCUT2D eigenvalue weighted by atomic mass is 35.5. The smallest absolute Gasteiger partial charge is 0.191 e. The largest absolute Gasteiger partial charge is 0.382 e. The molecule has 0 amide bonds. The van der Waals surface area contributed by atoms with Gasteiger partial charge in [0.15, 0.2) is 5.96 Å². The van der Waals surface area contributed by atoms with Crippen LogP contribution in [0, 0.1) is 5.92 Å². The number of nitrogens with one attached hydrogen (secondary N) is 2. The Morgan fingerprint density at radius 2 is 1.96 bits per heavy atom. The molecule has 6 heteroatoms. The summed E-state index contributed by atoms with van der Waals surface area (Å²) in [6.07, 6.45) is 4.58. The third kappa shape index (κ3) is 8.80. The van der Waals surface area contributed by atoms with Crippen molar-refractivity contribution in [1.29, 1.82) is 0 Å². The summed E-state index contributed by atoms with van der Waals surface area (Å²) in [5.74, 6) is 1.60. The SMILES string of the molecule is CCNC(=NCC1CCN(Cc2ccccc2Cl)CC1)NCCCCOCC. The Morgan fingerprint density at radius 1 is 1.18 bits per heavy atom. The molecule has 1 aliphatic rings. The highest BCUT2D eigenvalue weighted by molar-refractivity contribution is 6.31. The number of aliphatic imine (C=N–C) groups is 1. The second kappa shape index (κ2) is 13.8. The van der Waals surface area contributed by atoms with Crippen molar-refractivity contribution in [3.8, 4) is 0 Å². The zero-order valence-corrected chi connectivity index (χ0v) is 18.3. The number of hydrogen-bond donors (Lipinski definition) is 2.